The van der Waals surface area contributed by atoms with Gasteiger partial charge in [-0.15, -0.1) is 0 Å². The van der Waals surface area contributed by atoms with Crippen LogP contribution in [-0.2, 0) is 32.6 Å². The van der Waals surface area contributed by atoms with Crippen molar-refractivity contribution in [3.8, 4) is 0 Å². The van der Waals surface area contributed by atoms with Crippen LogP contribution in [0.3, 0.4) is 0 Å². The fourth-order valence-corrected chi connectivity index (χ4v) is 5.13. The van der Waals surface area contributed by atoms with E-state index in [0.29, 0.717) is 12.1 Å². The largest absolute Gasteiger partial charge is 0.352 e. The number of amides is 2. The number of carbonyl (C=O) groups is 2. The van der Waals surface area contributed by atoms with E-state index in [9.17, 15) is 18.0 Å². The molecule has 7 nitrogen and oxygen atoms in total. The van der Waals surface area contributed by atoms with Crippen LogP contribution in [0.5, 0.6) is 0 Å². The highest BCUT2D eigenvalue weighted by Crippen LogP contribution is 2.21. The summed E-state index contributed by atoms with van der Waals surface area (Å²) in [6, 6.07) is 14.3. The van der Waals surface area contributed by atoms with Gasteiger partial charge in [0.25, 0.3) is 0 Å². The van der Waals surface area contributed by atoms with Gasteiger partial charge in [-0.2, -0.15) is 0 Å². The Morgan fingerprint density at radius 3 is 2.23 bits per heavy atom. The third-order valence-corrected chi connectivity index (χ3v) is 7.31. The molecule has 1 atom stereocenters. The summed E-state index contributed by atoms with van der Waals surface area (Å²) in [5.74, 6) is -0.428. The summed E-state index contributed by atoms with van der Waals surface area (Å²) >= 11 is 3.45. The van der Waals surface area contributed by atoms with Gasteiger partial charge in [0, 0.05) is 30.0 Å². The van der Waals surface area contributed by atoms with Crippen molar-refractivity contribution in [1.82, 2.24) is 10.2 Å². The van der Waals surface area contributed by atoms with E-state index in [0.717, 1.165) is 22.0 Å². The lowest BCUT2D eigenvalue weighted by Crippen LogP contribution is -2.49. The van der Waals surface area contributed by atoms with E-state index in [1.54, 1.807) is 24.0 Å². The van der Waals surface area contributed by atoms with Gasteiger partial charge in [-0.25, -0.2) is 8.42 Å². The van der Waals surface area contributed by atoms with Gasteiger partial charge in [0.1, 0.15) is 6.04 Å². The molecule has 0 radical (unpaired) electrons. The molecule has 0 saturated heterocycles. The topological polar surface area (TPSA) is 86.8 Å². The van der Waals surface area contributed by atoms with Crippen LogP contribution in [-0.4, -0.2) is 50.0 Å². The molecule has 1 N–H and O–H groups in total. The molecule has 2 aromatic rings. The fraction of sp³-hybridized carbons (Fsp3) is 0.462. The third-order valence-electron chi connectivity index (χ3n) is 5.62. The van der Waals surface area contributed by atoms with Crippen LogP contribution >= 0.6 is 15.9 Å². The molecule has 0 bridgehead atoms. The Morgan fingerprint density at radius 2 is 1.69 bits per heavy atom. The minimum atomic E-state index is -3.51. The number of hydrogen-bond donors (Lipinski definition) is 1. The highest BCUT2D eigenvalue weighted by molar-refractivity contribution is 9.10. The number of halogens is 1. The Morgan fingerprint density at radius 1 is 1.03 bits per heavy atom. The van der Waals surface area contributed by atoms with Gasteiger partial charge in [0.15, 0.2) is 0 Å². The van der Waals surface area contributed by atoms with Crippen molar-refractivity contribution >= 4 is 43.5 Å². The number of aryl methyl sites for hydroxylation is 1. The Bertz CT molecular complexity index is 1100. The zero-order valence-corrected chi connectivity index (χ0v) is 23.5. The number of carbonyl (C=O) groups excluding carboxylic acids is 2. The molecule has 0 spiro atoms. The normalized spacial score (nSPS) is 12.3. The zero-order chi connectivity index (χ0) is 26.2. The SMILES string of the molecule is CCc1ccc(N(CCCC(=O)N(Cc2cccc(Br)c2)C(C)C(=O)NC(C)C)S(C)(=O)=O)cc1. The first kappa shape index (κ1) is 28.8. The lowest BCUT2D eigenvalue weighted by molar-refractivity contribution is -0.140. The quantitative estimate of drug-likeness (QED) is 0.410. The zero-order valence-electron chi connectivity index (χ0n) is 21.1. The van der Waals surface area contributed by atoms with Gasteiger partial charge in [-0.1, -0.05) is 47.1 Å². The molecule has 0 aromatic heterocycles. The lowest BCUT2D eigenvalue weighted by Gasteiger charge is -2.30. The molecule has 0 aliphatic carbocycles. The summed E-state index contributed by atoms with van der Waals surface area (Å²) in [4.78, 5) is 27.5. The maximum Gasteiger partial charge on any atom is 0.242 e. The maximum absolute atomic E-state index is 13.3. The molecule has 0 aliphatic heterocycles. The number of nitrogens with zero attached hydrogens (tertiary/aromatic N) is 2. The summed E-state index contributed by atoms with van der Waals surface area (Å²) in [5.41, 5.74) is 2.59. The predicted octanol–water partition coefficient (Wildman–Crippen LogP) is 4.50. The standard InChI is InChI=1S/C26H36BrN3O4S/c1-6-21-12-14-24(15-13-21)30(35(5,33)34)16-8-11-25(31)29(20(4)26(32)28-19(2)3)18-22-9-7-10-23(27)17-22/h7,9-10,12-15,17,19-20H,6,8,11,16,18H2,1-5H3,(H,28,32). The Labute approximate surface area is 218 Å². The summed E-state index contributed by atoms with van der Waals surface area (Å²) < 4.78 is 27.1. The van der Waals surface area contributed by atoms with Crippen molar-refractivity contribution in [2.24, 2.45) is 0 Å². The van der Waals surface area contributed by atoms with E-state index in [4.69, 9.17) is 0 Å². The number of nitrogens with one attached hydrogen (secondary N) is 1. The van der Waals surface area contributed by atoms with E-state index in [1.807, 2.05) is 57.2 Å². The second kappa shape index (κ2) is 13.1. The second-order valence-electron chi connectivity index (χ2n) is 8.95. The molecule has 2 amide bonds. The molecule has 0 fully saturated rings. The van der Waals surface area contributed by atoms with E-state index < -0.39 is 16.1 Å². The molecule has 0 aliphatic rings. The third kappa shape index (κ3) is 8.96. The highest BCUT2D eigenvalue weighted by Gasteiger charge is 2.27. The number of anilines is 1. The number of sulfonamides is 1. The molecular weight excluding hydrogens is 530 g/mol. The van der Waals surface area contributed by atoms with E-state index in [2.05, 4.69) is 21.2 Å². The summed E-state index contributed by atoms with van der Waals surface area (Å²) in [6.45, 7) is 7.95. The molecule has 0 saturated carbocycles. The Balaban J connectivity index is 2.16. The first-order chi connectivity index (χ1) is 16.4. The maximum atomic E-state index is 13.3. The van der Waals surface area contributed by atoms with Crippen molar-refractivity contribution in [2.75, 3.05) is 17.1 Å². The van der Waals surface area contributed by atoms with Crippen molar-refractivity contribution in [2.45, 2.75) is 65.6 Å². The monoisotopic (exact) mass is 565 g/mol. The molecule has 0 heterocycles. The van der Waals surface area contributed by atoms with Gasteiger partial charge >= 0.3 is 0 Å². The van der Waals surface area contributed by atoms with Crippen molar-refractivity contribution < 1.29 is 18.0 Å². The molecule has 35 heavy (non-hydrogen) atoms. The van der Waals surface area contributed by atoms with Gasteiger partial charge in [0.05, 0.1) is 11.9 Å². The predicted molar refractivity (Wildman–Crippen MR) is 145 cm³/mol. The molecule has 2 rings (SSSR count). The molecule has 192 valence electrons. The van der Waals surface area contributed by atoms with Crippen molar-refractivity contribution in [3.05, 3.63) is 64.1 Å². The Hall–Kier alpha value is -2.39. The Kier molecular flexibility index (Phi) is 10.8. The van der Waals surface area contributed by atoms with Crippen LogP contribution in [0, 0.1) is 0 Å². The lowest BCUT2D eigenvalue weighted by atomic mass is 10.1. The average molecular weight is 567 g/mol. The summed E-state index contributed by atoms with van der Waals surface area (Å²) in [5, 5.41) is 2.87. The second-order valence-corrected chi connectivity index (χ2v) is 11.8. The number of hydrogen-bond acceptors (Lipinski definition) is 4. The van der Waals surface area contributed by atoms with Gasteiger partial charge < -0.3 is 10.2 Å². The van der Waals surface area contributed by atoms with E-state index in [1.165, 1.54) is 10.6 Å². The van der Waals surface area contributed by atoms with E-state index in [-0.39, 0.29) is 37.4 Å². The van der Waals surface area contributed by atoms with Crippen LogP contribution in [0.4, 0.5) is 5.69 Å². The smallest absolute Gasteiger partial charge is 0.242 e. The van der Waals surface area contributed by atoms with Crippen LogP contribution in [0.1, 0.15) is 51.7 Å². The van der Waals surface area contributed by atoms with Crippen LogP contribution in [0.2, 0.25) is 0 Å². The molecule has 9 heteroatoms. The van der Waals surface area contributed by atoms with Crippen molar-refractivity contribution in [3.63, 3.8) is 0 Å². The highest BCUT2D eigenvalue weighted by atomic mass is 79.9. The summed E-state index contributed by atoms with van der Waals surface area (Å²) in [6.07, 6.45) is 2.48. The molecule has 1 unspecified atom stereocenters. The molecule has 2 aromatic carbocycles. The first-order valence-electron chi connectivity index (χ1n) is 11.8. The van der Waals surface area contributed by atoms with Gasteiger partial charge in [-0.05, 0) is 69.0 Å². The number of rotatable bonds is 12. The summed E-state index contributed by atoms with van der Waals surface area (Å²) in [7, 11) is -3.51. The van der Waals surface area contributed by atoms with Crippen LogP contribution in [0.15, 0.2) is 53.0 Å². The van der Waals surface area contributed by atoms with Crippen molar-refractivity contribution in [1.29, 1.82) is 0 Å². The average Bonchev–Trinajstić information content (AvgIpc) is 2.78. The van der Waals surface area contributed by atoms with Crippen LogP contribution in [0.25, 0.3) is 0 Å². The minimum absolute atomic E-state index is 0.0461. The number of benzene rings is 2. The van der Waals surface area contributed by atoms with Crippen LogP contribution < -0.4 is 9.62 Å². The van der Waals surface area contributed by atoms with E-state index >= 15 is 0 Å². The first-order valence-corrected chi connectivity index (χ1v) is 14.5. The van der Waals surface area contributed by atoms with Gasteiger partial charge in [-0.3, -0.25) is 13.9 Å². The van der Waals surface area contributed by atoms with Gasteiger partial charge in [0.2, 0.25) is 21.8 Å². The molecular formula is C26H36BrN3O4S. The minimum Gasteiger partial charge on any atom is -0.352 e. The fourth-order valence-electron chi connectivity index (χ4n) is 3.72.